The average Bonchev–Trinajstić information content (AvgIpc) is 3.19. The summed E-state index contributed by atoms with van der Waals surface area (Å²) in [6, 6.07) is 13.8. The van der Waals surface area contributed by atoms with Crippen molar-refractivity contribution in [3.05, 3.63) is 48.0 Å². The van der Waals surface area contributed by atoms with E-state index < -0.39 is 0 Å². The number of hydrogen-bond acceptors (Lipinski definition) is 5. The van der Waals surface area contributed by atoms with Gasteiger partial charge in [-0.05, 0) is 36.8 Å². The minimum absolute atomic E-state index is 0.0380. The summed E-state index contributed by atoms with van der Waals surface area (Å²) in [5, 5.41) is 0. The van der Waals surface area contributed by atoms with E-state index in [2.05, 4.69) is 36.1 Å². The number of carbonyl (C=O) groups is 2. The Bertz CT molecular complexity index is 969. The monoisotopic (exact) mass is 423 g/mol. The SMILES string of the molecule is COc1ccc(N2CC(C(=O)N3CCN(c4cccc(C)c4)CC3)CC2=O)cc1OC. The minimum atomic E-state index is -0.314. The van der Waals surface area contributed by atoms with Crippen molar-refractivity contribution in [2.75, 3.05) is 56.7 Å². The molecule has 0 N–H and O–H groups in total. The number of aryl methyl sites for hydroxylation is 1. The number of hydrogen-bond donors (Lipinski definition) is 0. The highest BCUT2D eigenvalue weighted by Gasteiger charge is 2.38. The second-order valence-corrected chi connectivity index (χ2v) is 8.10. The van der Waals surface area contributed by atoms with Crippen LogP contribution in [0.1, 0.15) is 12.0 Å². The molecule has 7 heteroatoms. The zero-order valence-corrected chi connectivity index (χ0v) is 18.3. The summed E-state index contributed by atoms with van der Waals surface area (Å²) in [4.78, 5) is 31.7. The summed E-state index contributed by atoms with van der Waals surface area (Å²) in [6.07, 6.45) is 0.241. The summed E-state index contributed by atoms with van der Waals surface area (Å²) in [7, 11) is 3.14. The van der Waals surface area contributed by atoms with Crippen LogP contribution in [0.2, 0.25) is 0 Å². The van der Waals surface area contributed by atoms with Gasteiger partial charge in [-0.2, -0.15) is 0 Å². The highest BCUT2D eigenvalue weighted by atomic mass is 16.5. The van der Waals surface area contributed by atoms with Gasteiger partial charge in [0.05, 0.1) is 20.1 Å². The molecule has 0 saturated carbocycles. The summed E-state index contributed by atoms with van der Waals surface area (Å²) in [6.45, 7) is 5.43. The van der Waals surface area contributed by atoms with Crippen LogP contribution in [0.15, 0.2) is 42.5 Å². The molecular formula is C24H29N3O4. The largest absolute Gasteiger partial charge is 0.493 e. The smallest absolute Gasteiger partial charge is 0.228 e. The van der Waals surface area contributed by atoms with Gasteiger partial charge in [0.25, 0.3) is 0 Å². The van der Waals surface area contributed by atoms with Gasteiger partial charge < -0.3 is 24.2 Å². The highest BCUT2D eigenvalue weighted by Crippen LogP contribution is 2.34. The molecule has 2 aliphatic heterocycles. The van der Waals surface area contributed by atoms with Crippen molar-refractivity contribution < 1.29 is 19.1 Å². The van der Waals surface area contributed by atoms with Crippen molar-refractivity contribution in [1.29, 1.82) is 0 Å². The van der Waals surface area contributed by atoms with Gasteiger partial charge in [-0.1, -0.05) is 12.1 Å². The molecular weight excluding hydrogens is 394 g/mol. The molecule has 0 aromatic heterocycles. The Morgan fingerprint density at radius 2 is 1.68 bits per heavy atom. The van der Waals surface area contributed by atoms with E-state index in [1.54, 1.807) is 31.3 Å². The van der Waals surface area contributed by atoms with Gasteiger partial charge in [-0.15, -0.1) is 0 Å². The fourth-order valence-corrected chi connectivity index (χ4v) is 4.38. The lowest BCUT2D eigenvalue weighted by Gasteiger charge is -2.37. The molecule has 2 aliphatic rings. The van der Waals surface area contributed by atoms with Gasteiger partial charge in [-0.25, -0.2) is 0 Å². The lowest BCUT2D eigenvalue weighted by molar-refractivity contribution is -0.136. The van der Waals surface area contributed by atoms with Crippen LogP contribution in [0.3, 0.4) is 0 Å². The Balaban J connectivity index is 1.39. The standard InChI is InChI=1S/C24H29N3O4/c1-17-5-4-6-19(13-17)25-9-11-26(12-10-25)24(29)18-14-23(28)27(16-18)20-7-8-21(30-2)22(15-20)31-3/h4-8,13,15,18H,9-12,14,16H2,1-3H3. The summed E-state index contributed by atoms with van der Waals surface area (Å²) in [5.74, 6) is 0.891. The van der Waals surface area contributed by atoms with Gasteiger partial charge >= 0.3 is 0 Å². The predicted molar refractivity (Wildman–Crippen MR) is 120 cm³/mol. The highest BCUT2D eigenvalue weighted by molar-refractivity contribution is 6.00. The molecule has 2 aromatic carbocycles. The summed E-state index contributed by atoms with van der Waals surface area (Å²) in [5.41, 5.74) is 3.15. The Morgan fingerprint density at radius 3 is 2.35 bits per heavy atom. The van der Waals surface area contributed by atoms with E-state index in [0.29, 0.717) is 31.1 Å². The number of carbonyl (C=O) groups excluding carboxylic acids is 2. The van der Waals surface area contributed by atoms with E-state index in [9.17, 15) is 9.59 Å². The maximum atomic E-state index is 13.1. The number of amides is 2. The zero-order valence-electron chi connectivity index (χ0n) is 18.3. The molecule has 164 valence electrons. The second-order valence-electron chi connectivity index (χ2n) is 8.10. The number of methoxy groups -OCH3 is 2. The fraction of sp³-hybridized carbons (Fsp3) is 0.417. The van der Waals surface area contributed by atoms with Crippen molar-refractivity contribution in [3.8, 4) is 11.5 Å². The third-order valence-corrected chi connectivity index (χ3v) is 6.11. The first-order valence-corrected chi connectivity index (χ1v) is 10.6. The fourth-order valence-electron chi connectivity index (χ4n) is 4.38. The van der Waals surface area contributed by atoms with E-state index in [0.717, 1.165) is 18.8 Å². The predicted octanol–water partition coefficient (Wildman–Crippen LogP) is 2.71. The molecule has 2 amide bonds. The molecule has 4 rings (SSSR count). The Kier molecular flexibility index (Phi) is 6.02. The van der Waals surface area contributed by atoms with E-state index in [4.69, 9.17) is 9.47 Å². The third kappa shape index (κ3) is 4.31. The summed E-state index contributed by atoms with van der Waals surface area (Å²) >= 11 is 0. The molecule has 0 bridgehead atoms. The van der Waals surface area contributed by atoms with Gasteiger partial charge in [-0.3, -0.25) is 9.59 Å². The number of rotatable bonds is 5. The second kappa shape index (κ2) is 8.88. The summed E-state index contributed by atoms with van der Waals surface area (Å²) < 4.78 is 10.6. The number of piperazine rings is 1. The molecule has 1 atom stereocenters. The molecule has 0 radical (unpaired) electrons. The van der Waals surface area contributed by atoms with Gasteiger partial charge in [0.2, 0.25) is 11.8 Å². The van der Waals surface area contributed by atoms with Crippen LogP contribution < -0.4 is 19.3 Å². The first-order valence-electron chi connectivity index (χ1n) is 10.6. The molecule has 0 spiro atoms. The molecule has 0 aliphatic carbocycles. The van der Waals surface area contributed by atoms with Gasteiger partial charge in [0, 0.05) is 56.6 Å². The first kappa shape index (κ1) is 21.0. The van der Waals surface area contributed by atoms with E-state index in [1.165, 1.54) is 11.3 Å². The molecule has 2 heterocycles. The Hall–Kier alpha value is -3.22. The Labute approximate surface area is 183 Å². The average molecular weight is 424 g/mol. The normalized spacial score (nSPS) is 19.0. The van der Waals surface area contributed by atoms with E-state index >= 15 is 0 Å². The Morgan fingerprint density at radius 1 is 0.935 bits per heavy atom. The van der Waals surface area contributed by atoms with E-state index in [-0.39, 0.29) is 24.2 Å². The van der Waals surface area contributed by atoms with Crippen molar-refractivity contribution >= 4 is 23.2 Å². The van der Waals surface area contributed by atoms with Crippen molar-refractivity contribution in [2.45, 2.75) is 13.3 Å². The number of nitrogens with zero attached hydrogens (tertiary/aromatic N) is 3. The topological polar surface area (TPSA) is 62.3 Å². The van der Waals surface area contributed by atoms with Gasteiger partial charge in [0.15, 0.2) is 11.5 Å². The van der Waals surface area contributed by atoms with Crippen molar-refractivity contribution in [3.63, 3.8) is 0 Å². The van der Waals surface area contributed by atoms with Crippen LogP contribution >= 0.6 is 0 Å². The van der Waals surface area contributed by atoms with Crippen LogP contribution in [0.4, 0.5) is 11.4 Å². The maximum absolute atomic E-state index is 13.1. The zero-order chi connectivity index (χ0) is 22.0. The molecule has 2 aromatic rings. The van der Waals surface area contributed by atoms with Crippen LogP contribution in [-0.4, -0.2) is 63.7 Å². The lowest BCUT2D eigenvalue weighted by Crippen LogP contribution is -2.50. The quantitative estimate of drug-likeness (QED) is 0.740. The van der Waals surface area contributed by atoms with Crippen molar-refractivity contribution in [2.24, 2.45) is 5.92 Å². The molecule has 7 nitrogen and oxygen atoms in total. The third-order valence-electron chi connectivity index (χ3n) is 6.11. The number of anilines is 2. The lowest BCUT2D eigenvalue weighted by atomic mass is 10.1. The minimum Gasteiger partial charge on any atom is -0.493 e. The van der Waals surface area contributed by atoms with Crippen LogP contribution in [-0.2, 0) is 9.59 Å². The molecule has 31 heavy (non-hydrogen) atoms. The van der Waals surface area contributed by atoms with Crippen LogP contribution in [0, 0.1) is 12.8 Å². The van der Waals surface area contributed by atoms with E-state index in [1.807, 2.05) is 11.0 Å². The van der Waals surface area contributed by atoms with Crippen molar-refractivity contribution in [1.82, 2.24) is 4.90 Å². The molecule has 2 fully saturated rings. The first-order chi connectivity index (χ1) is 15.0. The van der Waals surface area contributed by atoms with Crippen LogP contribution in [0.25, 0.3) is 0 Å². The van der Waals surface area contributed by atoms with Crippen LogP contribution in [0.5, 0.6) is 11.5 Å². The number of ether oxygens (including phenoxy) is 2. The molecule has 2 saturated heterocycles. The maximum Gasteiger partial charge on any atom is 0.228 e. The van der Waals surface area contributed by atoms with Gasteiger partial charge in [0.1, 0.15) is 0 Å². The molecule has 1 unspecified atom stereocenters. The number of benzene rings is 2.